The predicted molar refractivity (Wildman–Crippen MR) is 109 cm³/mol. The third kappa shape index (κ3) is 4.29. The second-order valence-electron chi connectivity index (χ2n) is 7.47. The molecule has 0 saturated heterocycles. The highest BCUT2D eigenvalue weighted by molar-refractivity contribution is 5.87. The second kappa shape index (κ2) is 8.03. The summed E-state index contributed by atoms with van der Waals surface area (Å²) in [6.45, 7) is 1.60. The highest BCUT2D eigenvalue weighted by Gasteiger charge is 2.45. The van der Waals surface area contributed by atoms with Gasteiger partial charge in [0.15, 0.2) is 6.61 Å². The van der Waals surface area contributed by atoms with E-state index < -0.39 is 0 Å². The number of rotatable bonds is 6. The first kappa shape index (κ1) is 19.1. The van der Waals surface area contributed by atoms with Gasteiger partial charge in [0.1, 0.15) is 5.82 Å². The van der Waals surface area contributed by atoms with Crippen molar-refractivity contribution in [3.8, 4) is 0 Å². The summed E-state index contributed by atoms with van der Waals surface area (Å²) in [5, 5.41) is 5.09. The molecule has 0 aliphatic heterocycles. The minimum atomic E-state index is -0.382. The highest BCUT2D eigenvalue weighted by atomic mass is 19.1. The van der Waals surface area contributed by atoms with Gasteiger partial charge < -0.3 is 10.1 Å². The first-order chi connectivity index (χ1) is 14.0. The number of nitrogens with one attached hydrogen (secondary N) is 1. The molecule has 3 aromatic carbocycles. The lowest BCUT2D eigenvalue weighted by atomic mass is 10.00. The molecular formula is C24H22FNO3. The lowest BCUT2D eigenvalue weighted by Crippen LogP contribution is -2.31. The molecule has 4 nitrogen and oxygen atoms in total. The van der Waals surface area contributed by atoms with E-state index in [1.54, 1.807) is 12.1 Å². The van der Waals surface area contributed by atoms with Crippen molar-refractivity contribution in [1.82, 2.24) is 5.32 Å². The number of amides is 1. The number of hydrogen-bond acceptors (Lipinski definition) is 3. The monoisotopic (exact) mass is 391 g/mol. The molecule has 5 heteroatoms. The Kier molecular flexibility index (Phi) is 5.30. The van der Waals surface area contributed by atoms with Crippen LogP contribution in [0.2, 0.25) is 0 Å². The van der Waals surface area contributed by atoms with Crippen LogP contribution in [-0.2, 0) is 14.3 Å². The van der Waals surface area contributed by atoms with Gasteiger partial charge in [-0.1, -0.05) is 54.6 Å². The van der Waals surface area contributed by atoms with Gasteiger partial charge >= 0.3 is 5.97 Å². The fourth-order valence-electron chi connectivity index (χ4n) is 3.77. The summed E-state index contributed by atoms with van der Waals surface area (Å²) in [6, 6.07) is 19.9. The maximum Gasteiger partial charge on any atom is 0.310 e. The molecule has 0 spiro atoms. The van der Waals surface area contributed by atoms with E-state index in [2.05, 4.69) is 5.32 Å². The Morgan fingerprint density at radius 1 is 1.07 bits per heavy atom. The molecule has 0 heterocycles. The van der Waals surface area contributed by atoms with Gasteiger partial charge in [0.2, 0.25) is 0 Å². The number of hydrogen-bond donors (Lipinski definition) is 1. The second-order valence-corrected chi connectivity index (χ2v) is 7.47. The summed E-state index contributed by atoms with van der Waals surface area (Å²) < 4.78 is 18.2. The number of halogens is 1. The quantitative estimate of drug-likeness (QED) is 0.630. The molecule has 3 aromatic rings. The molecule has 1 amide bonds. The summed E-state index contributed by atoms with van der Waals surface area (Å²) in [5.41, 5.74) is 1.93. The predicted octanol–water partition coefficient (Wildman–Crippen LogP) is 4.50. The zero-order valence-electron chi connectivity index (χ0n) is 16.1. The molecule has 3 atom stereocenters. The van der Waals surface area contributed by atoms with Crippen molar-refractivity contribution in [1.29, 1.82) is 0 Å². The molecule has 0 bridgehead atoms. The van der Waals surface area contributed by atoms with E-state index >= 15 is 0 Å². The van der Waals surface area contributed by atoms with E-state index in [4.69, 9.17) is 4.74 Å². The lowest BCUT2D eigenvalue weighted by Gasteiger charge is -2.16. The number of esters is 1. The van der Waals surface area contributed by atoms with Crippen molar-refractivity contribution in [2.45, 2.75) is 25.3 Å². The lowest BCUT2D eigenvalue weighted by molar-refractivity contribution is -0.150. The molecule has 1 saturated carbocycles. The first-order valence-corrected chi connectivity index (χ1v) is 9.72. The van der Waals surface area contributed by atoms with E-state index in [0.29, 0.717) is 6.42 Å². The van der Waals surface area contributed by atoms with Gasteiger partial charge in [0.25, 0.3) is 5.91 Å². The van der Waals surface area contributed by atoms with Crippen LogP contribution in [0.5, 0.6) is 0 Å². The molecule has 1 aliphatic rings. The van der Waals surface area contributed by atoms with Crippen LogP contribution in [0.1, 0.15) is 36.4 Å². The van der Waals surface area contributed by atoms with Crippen molar-refractivity contribution >= 4 is 22.6 Å². The van der Waals surface area contributed by atoms with Gasteiger partial charge in [-0.3, -0.25) is 9.59 Å². The summed E-state index contributed by atoms with van der Waals surface area (Å²) >= 11 is 0. The third-order valence-corrected chi connectivity index (χ3v) is 5.40. The molecule has 1 N–H and O–H groups in total. The van der Waals surface area contributed by atoms with Gasteiger partial charge in [-0.2, -0.15) is 0 Å². The maximum absolute atomic E-state index is 13.0. The average Bonchev–Trinajstić information content (AvgIpc) is 3.53. The summed E-state index contributed by atoms with van der Waals surface area (Å²) in [6.07, 6.45) is 0.665. The van der Waals surface area contributed by atoms with E-state index in [0.717, 1.165) is 21.9 Å². The van der Waals surface area contributed by atoms with Crippen molar-refractivity contribution in [2.24, 2.45) is 5.92 Å². The van der Waals surface area contributed by atoms with Crippen molar-refractivity contribution in [3.63, 3.8) is 0 Å². The molecule has 3 unspecified atom stereocenters. The van der Waals surface area contributed by atoms with Crippen LogP contribution in [0.4, 0.5) is 4.39 Å². The highest BCUT2D eigenvalue weighted by Crippen LogP contribution is 2.48. The van der Waals surface area contributed by atoms with Crippen molar-refractivity contribution in [2.75, 3.05) is 6.61 Å². The smallest absolute Gasteiger partial charge is 0.310 e. The van der Waals surface area contributed by atoms with E-state index in [1.165, 1.54) is 12.1 Å². The number of ether oxygens (including phenoxy) is 1. The van der Waals surface area contributed by atoms with E-state index in [-0.39, 0.29) is 42.2 Å². The Labute approximate surface area is 168 Å². The van der Waals surface area contributed by atoms with Crippen LogP contribution in [0.25, 0.3) is 10.8 Å². The van der Waals surface area contributed by atoms with Gasteiger partial charge in [0.05, 0.1) is 12.0 Å². The van der Waals surface area contributed by atoms with E-state index in [1.807, 2.05) is 49.4 Å². The minimum Gasteiger partial charge on any atom is -0.455 e. The SMILES string of the molecule is CC(NC(=O)COC(=O)C1CC1c1ccc(F)cc1)c1cccc2ccccc12. The van der Waals surface area contributed by atoms with Crippen LogP contribution in [0.3, 0.4) is 0 Å². The van der Waals surface area contributed by atoms with Crippen molar-refractivity contribution < 1.29 is 18.7 Å². The number of carbonyl (C=O) groups is 2. The normalized spacial score (nSPS) is 18.8. The fraction of sp³-hybridized carbons (Fsp3) is 0.250. The summed E-state index contributed by atoms with van der Waals surface area (Å²) in [7, 11) is 0. The third-order valence-electron chi connectivity index (χ3n) is 5.40. The minimum absolute atomic E-state index is 0.0424. The molecule has 0 aromatic heterocycles. The standard InChI is InChI=1S/C24H22FNO3/c1-15(19-8-4-6-16-5-2-3-7-20(16)19)26-23(27)14-29-24(28)22-13-21(22)17-9-11-18(25)12-10-17/h2-12,15,21-22H,13-14H2,1H3,(H,26,27). The number of carbonyl (C=O) groups excluding carboxylic acids is 2. The summed E-state index contributed by atoms with van der Waals surface area (Å²) in [5.74, 6) is -1.24. The molecule has 148 valence electrons. The van der Waals surface area contributed by atoms with Gasteiger partial charge in [-0.25, -0.2) is 4.39 Å². The topological polar surface area (TPSA) is 55.4 Å². The Morgan fingerprint density at radius 3 is 2.59 bits per heavy atom. The van der Waals surface area contributed by atoms with Crippen molar-refractivity contribution in [3.05, 3.63) is 83.7 Å². The molecule has 29 heavy (non-hydrogen) atoms. The van der Waals surface area contributed by atoms with Gasteiger partial charge in [0, 0.05) is 0 Å². The Hall–Kier alpha value is -3.21. The Morgan fingerprint density at radius 2 is 1.79 bits per heavy atom. The molecule has 1 fully saturated rings. The number of fused-ring (bicyclic) bond motifs is 1. The maximum atomic E-state index is 13.0. The zero-order valence-corrected chi connectivity index (χ0v) is 16.1. The molecule has 0 radical (unpaired) electrons. The Bertz CT molecular complexity index is 1040. The van der Waals surface area contributed by atoms with Crippen LogP contribution in [0, 0.1) is 11.7 Å². The number of benzene rings is 3. The fourth-order valence-corrected chi connectivity index (χ4v) is 3.77. The Balaban J connectivity index is 1.30. The van der Waals surface area contributed by atoms with Gasteiger partial charge in [-0.15, -0.1) is 0 Å². The zero-order chi connectivity index (χ0) is 20.4. The molecular weight excluding hydrogens is 369 g/mol. The van der Waals surface area contributed by atoms with Crippen LogP contribution < -0.4 is 5.32 Å². The van der Waals surface area contributed by atoms with Crippen LogP contribution in [-0.4, -0.2) is 18.5 Å². The molecule has 4 rings (SSSR count). The first-order valence-electron chi connectivity index (χ1n) is 9.72. The van der Waals surface area contributed by atoms with Crippen LogP contribution in [0.15, 0.2) is 66.7 Å². The average molecular weight is 391 g/mol. The van der Waals surface area contributed by atoms with Gasteiger partial charge in [-0.05, 0) is 53.3 Å². The largest absolute Gasteiger partial charge is 0.455 e. The van der Waals surface area contributed by atoms with E-state index in [9.17, 15) is 14.0 Å². The van der Waals surface area contributed by atoms with Crippen LogP contribution >= 0.6 is 0 Å². The summed E-state index contributed by atoms with van der Waals surface area (Å²) in [4.78, 5) is 24.5. The molecule has 1 aliphatic carbocycles.